The number of ether oxygens (including phenoxy) is 1. The Balaban J connectivity index is 1.95. The van der Waals surface area contributed by atoms with Crippen molar-refractivity contribution in [3.8, 4) is 5.75 Å². The lowest BCUT2D eigenvalue weighted by Crippen LogP contribution is -2.29. The maximum atomic E-state index is 11.9. The van der Waals surface area contributed by atoms with E-state index in [0.717, 1.165) is 5.56 Å². The molecule has 0 fully saturated rings. The van der Waals surface area contributed by atoms with Crippen LogP contribution in [0.3, 0.4) is 0 Å². The predicted molar refractivity (Wildman–Crippen MR) is 82.3 cm³/mol. The molecule has 6 nitrogen and oxygen atoms in total. The molecule has 0 aliphatic rings. The Hall–Kier alpha value is -2.02. The molecule has 0 unspecified atom stereocenters. The zero-order valence-corrected chi connectivity index (χ0v) is 13.3. The molecule has 0 radical (unpaired) electrons. The number of nitrogens with zero attached hydrogens (tertiary/aromatic N) is 3. The molecular formula is C14H18N4O2S. The van der Waals surface area contributed by atoms with Crippen LogP contribution in [-0.2, 0) is 4.79 Å². The summed E-state index contributed by atoms with van der Waals surface area (Å²) in [7, 11) is 0. The number of thioether (sulfide) groups is 1. The summed E-state index contributed by atoms with van der Waals surface area (Å²) in [4.78, 5) is 11.9. The Morgan fingerprint density at radius 2 is 2.05 bits per heavy atom. The first-order valence-electron chi connectivity index (χ1n) is 6.47. The van der Waals surface area contributed by atoms with Gasteiger partial charge >= 0.3 is 0 Å². The molecule has 1 heterocycles. The summed E-state index contributed by atoms with van der Waals surface area (Å²) in [5.41, 5.74) is 5.04. The van der Waals surface area contributed by atoms with Gasteiger partial charge in [0.05, 0.1) is 0 Å². The van der Waals surface area contributed by atoms with Gasteiger partial charge in [-0.1, -0.05) is 17.8 Å². The Morgan fingerprint density at radius 1 is 1.29 bits per heavy atom. The van der Waals surface area contributed by atoms with Crippen molar-refractivity contribution in [1.82, 2.24) is 14.9 Å². The number of hydrogen-bond donors (Lipinski definition) is 1. The summed E-state index contributed by atoms with van der Waals surface area (Å²) in [5, 5.41) is 8.50. The Morgan fingerprint density at radius 3 is 2.71 bits per heavy atom. The van der Waals surface area contributed by atoms with Crippen LogP contribution in [0.25, 0.3) is 0 Å². The van der Waals surface area contributed by atoms with Gasteiger partial charge in [0.15, 0.2) is 6.61 Å². The molecule has 2 rings (SSSR count). The third-order valence-corrected chi connectivity index (χ3v) is 3.69. The minimum Gasteiger partial charge on any atom is -0.484 e. The van der Waals surface area contributed by atoms with E-state index in [1.165, 1.54) is 17.3 Å². The summed E-state index contributed by atoms with van der Waals surface area (Å²) in [6.45, 7) is 5.75. The molecule has 112 valence electrons. The fourth-order valence-corrected chi connectivity index (χ4v) is 2.20. The van der Waals surface area contributed by atoms with Gasteiger partial charge in [-0.2, -0.15) is 0 Å². The standard InChI is InChI=1S/C14H18N4O2S/c1-9-5-6-12(7-10(9)2)20-8-13(19)17-18-11(3)15-16-14(18)21-4/h5-7H,8H2,1-4H3,(H,17,19). The molecule has 0 aliphatic carbocycles. The van der Waals surface area contributed by atoms with Crippen LogP contribution in [0.5, 0.6) is 5.75 Å². The highest BCUT2D eigenvalue weighted by Crippen LogP contribution is 2.16. The van der Waals surface area contributed by atoms with E-state index in [0.29, 0.717) is 16.7 Å². The van der Waals surface area contributed by atoms with Gasteiger partial charge in [0, 0.05) is 0 Å². The number of hydrogen-bond acceptors (Lipinski definition) is 5. The van der Waals surface area contributed by atoms with Crippen molar-refractivity contribution in [3.05, 3.63) is 35.2 Å². The van der Waals surface area contributed by atoms with Crippen LogP contribution in [0, 0.1) is 20.8 Å². The second kappa shape index (κ2) is 6.62. The first-order valence-corrected chi connectivity index (χ1v) is 7.69. The van der Waals surface area contributed by atoms with Crippen LogP contribution in [0.4, 0.5) is 0 Å². The lowest BCUT2D eigenvalue weighted by molar-refractivity contribution is -0.119. The molecule has 0 spiro atoms. The second-order valence-corrected chi connectivity index (χ2v) is 5.41. The predicted octanol–water partition coefficient (Wildman–Crippen LogP) is 2.07. The summed E-state index contributed by atoms with van der Waals surface area (Å²) < 4.78 is 7.05. The number of carbonyl (C=O) groups is 1. The Labute approximate surface area is 127 Å². The van der Waals surface area contributed by atoms with Gasteiger partial charge in [0.2, 0.25) is 5.16 Å². The van der Waals surface area contributed by atoms with E-state index >= 15 is 0 Å². The molecule has 0 aliphatic heterocycles. The molecular weight excluding hydrogens is 288 g/mol. The summed E-state index contributed by atoms with van der Waals surface area (Å²) in [5.74, 6) is 1.05. The van der Waals surface area contributed by atoms with Crippen LogP contribution < -0.4 is 10.2 Å². The lowest BCUT2D eigenvalue weighted by atomic mass is 10.1. The molecule has 7 heteroatoms. The number of rotatable bonds is 5. The van der Waals surface area contributed by atoms with Crippen LogP contribution in [0.1, 0.15) is 17.0 Å². The van der Waals surface area contributed by atoms with E-state index in [1.807, 2.05) is 38.3 Å². The maximum Gasteiger partial charge on any atom is 0.276 e. The topological polar surface area (TPSA) is 69.0 Å². The van der Waals surface area contributed by atoms with Crippen molar-refractivity contribution in [2.75, 3.05) is 18.3 Å². The molecule has 21 heavy (non-hydrogen) atoms. The largest absolute Gasteiger partial charge is 0.484 e. The number of amides is 1. The number of carbonyl (C=O) groups excluding carboxylic acids is 1. The van der Waals surface area contributed by atoms with Crippen molar-refractivity contribution < 1.29 is 9.53 Å². The molecule has 2 aromatic rings. The van der Waals surface area contributed by atoms with Gasteiger partial charge in [0.1, 0.15) is 11.6 Å². The molecule has 0 saturated carbocycles. The normalized spacial score (nSPS) is 10.5. The Bertz CT molecular complexity index is 654. The Kier molecular flexibility index (Phi) is 4.85. The van der Waals surface area contributed by atoms with Crippen molar-refractivity contribution in [3.63, 3.8) is 0 Å². The van der Waals surface area contributed by atoms with E-state index in [4.69, 9.17) is 4.74 Å². The fourth-order valence-electron chi connectivity index (χ4n) is 1.71. The first kappa shape index (κ1) is 15.4. The smallest absolute Gasteiger partial charge is 0.276 e. The van der Waals surface area contributed by atoms with E-state index in [2.05, 4.69) is 15.6 Å². The van der Waals surface area contributed by atoms with Crippen LogP contribution >= 0.6 is 11.8 Å². The third kappa shape index (κ3) is 3.75. The molecule has 0 atom stereocenters. The number of aryl methyl sites for hydroxylation is 3. The molecule has 1 aromatic carbocycles. The second-order valence-electron chi connectivity index (χ2n) is 4.64. The van der Waals surface area contributed by atoms with Crippen LogP contribution in [0.2, 0.25) is 0 Å². The van der Waals surface area contributed by atoms with Gasteiger partial charge in [-0.15, -0.1) is 10.2 Å². The zero-order chi connectivity index (χ0) is 15.4. The highest BCUT2D eigenvalue weighted by atomic mass is 32.2. The van der Waals surface area contributed by atoms with E-state index < -0.39 is 0 Å². The monoisotopic (exact) mass is 306 g/mol. The molecule has 1 N–H and O–H groups in total. The van der Waals surface area contributed by atoms with Crippen LogP contribution in [-0.4, -0.2) is 33.6 Å². The number of benzene rings is 1. The number of aromatic nitrogens is 3. The molecule has 1 amide bonds. The van der Waals surface area contributed by atoms with Crippen molar-refractivity contribution in [2.24, 2.45) is 0 Å². The van der Waals surface area contributed by atoms with Crippen molar-refractivity contribution in [1.29, 1.82) is 0 Å². The SMILES string of the molecule is CSc1nnc(C)n1NC(=O)COc1ccc(C)c(C)c1. The van der Waals surface area contributed by atoms with E-state index in [9.17, 15) is 4.79 Å². The minimum absolute atomic E-state index is 0.0616. The fraction of sp³-hybridized carbons (Fsp3) is 0.357. The van der Waals surface area contributed by atoms with Gasteiger partial charge in [0.25, 0.3) is 5.91 Å². The van der Waals surface area contributed by atoms with Gasteiger partial charge in [-0.05, 0) is 50.3 Å². The quantitative estimate of drug-likeness (QED) is 0.857. The summed E-state index contributed by atoms with van der Waals surface area (Å²) in [6, 6.07) is 5.74. The van der Waals surface area contributed by atoms with E-state index in [-0.39, 0.29) is 12.5 Å². The zero-order valence-electron chi connectivity index (χ0n) is 12.5. The maximum absolute atomic E-state index is 11.9. The highest BCUT2D eigenvalue weighted by Gasteiger charge is 2.11. The number of nitrogens with one attached hydrogen (secondary N) is 1. The summed E-state index contributed by atoms with van der Waals surface area (Å²) >= 11 is 1.41. The van der Waals surface area contributed by atoms with Crippen LogP contribution in [0.15, 0.2) is 23.4 Å². The summed E-state index contributed by atoms with van der Waals surface area (Å²) in [6.07, 6.45) is 1.87. The van der Waals surface area contributed by atoms with Gasteiger partial charge in [-0.25, -0.2) is 4.68 Å². The van der Waals surface area contributed by atoms with Gasteiger partial charge < -0.3 is 4.74 Å². The molecule has 0 bridgehead atoms. The van der Waals surface area contributed by atoms with Gasteiger partial charge in [-0.3, -0.25) is 10.2 Å². The minimum atomic E-state index is -0.258. The van der Waals surface area contributed by atoms with Crippen molar-refractivity contribution >= 4 is 17.7 Å². The first-order chi connectivity index (χ1) is 10.0. The lowest BCUT2D eigenvalue weighted by Gasteiger charge is -2.11. The third-order valence-electron chi connectivity index (χ3n) is 3.06. The molecule has 1 aromatic heterocycles. The average molecular weight is 306 g/mol. The van der Waals surface area contributed by atoms with Crippen molar-refractivity contribution in [2.45, 2.75) is 25.9 Å². The highest BCUT2D eigenvalue weighted by molar-refractivity contribution is 7.98. The molecule has 0 saturated heterocycles. The van der Waals surface area contributed by atoms with E-state index in [1.54, 1.807) is 11.6 Å². The average Bonchev–Trinajstić information content (AvgIpc) is 2.81.